The highest BCUT2D eigenvalue weighted by Crippen LogP contribution is 2.20. The number of carboxylic acids is 1. The largest absolute Gasteiger partial charge is 0.481 e. The van der Waals surface area contributed by atoms with Crippen LogP contribution >= 0.6 is 0 Å². The Labute approximate surface area is 227 Å². The molecular formula is C33H67NO2. The molecule has 1 N–H and O–H groups in total. The maximum atomic E-state index is 11.2. The van der Waals surface area contributed by atoms with Crippen molar-refractivity contribution < 1.29 is 9.90 Å². The van der Waals surface area contributed by atoms with Crippen LogP contribution in [-0.4, -0.2) is 34.6 Å². The van der Waals surface area contributed by atoms with E-state index in [1.54, 1.807) is 0 Å². The van der Waals surface area contributed by atoms with Crippen LogP contribution in [0, 0.1) is 0 Å². The summed E-state index contributed by atoms with van der Waals surface area (Å²) in [6.45, 7) is 9.93. The van der Waals surface area contributed by atoms with Gasteiger partial charge in [-0.15, -0.1) is 0 Å². The Kier molecular flexibility index (Phi) is 27.0. The summed E-state index contributed by atoms with van der Waals surface area (Å²) >= 11 is 0. The van der Waals surface area contributed by atoms with Gasteiger partial charge in [0.2, 0.25) is 0 Å². The average molecular weight is 510 g/mol. The molecule has 0 fully saturated rings. The molecule has 0 amide bonds. The van der Waals surface area contributed by atoms with Gasteiger partial charge in [-0.1, -0.05) is 155 Å². The summed E-state index contributed by atoms with van der Waals surface area (Å²) in [6.07, 6.45) is 33.1. The van der Waals surface area contributed by atoms with Gasteiger partial charge in [0.1, 0.15) is 0 Å². The molecule has 0 heterocycles. The molecule has 0 spiro atoms. The molecule has 216 valence electrons. The highest BCUT2D eigenvalue weighted by atomic mass is 16.4. The van der Waals surface area contributed by atoms with Crippen molar-refractivity contribution in [3.8, 4) is 0 Å². The summed E-state index contributed by atoms with van der Waals surface area (Å²) in [6, 6.07) is 0.983. The van der Waals surface area contributed by atoms with Crippen molar-refractivity contribution in [2.45, 2.75) is 200 Å². The van der Waals surface area contributed by atoms with Crippen molar-refractivity contribution in [1.82, 2.24) is 4.90 Å². The van der Waals surface area contributed by atoms with Crippen LogP contribution in [-0.2, 0) is 4.79 Å². The molecule has 3 heteroatoms. The van der Waals surface area contributed by atoms with E-state index in [1.807, 2.05) is 0 Å². The van der Waals surface area contributed by atoms with Crippen LogP contribution < -0.4 is 0 Å². The van der Waals surface area contributed by atoms with Crippen LogP contribution in [0.2, 0.25) is 0 Å². The molecule has 0 saturated carbocycles. The van der Waals surface area contributed by atoms with Crippen molar-refractivity contribution in [1.29, 1.82) is 0 Å². The van der Waals surface area contributed by atoms with E-state index in [0.717, 1.165) is 0 Å². The standard InChI is InChI=1S/C33H67NO2/c1-5-7-9-11-13-15-17-19-21-23-25-27-31(3)34(30-29-33(35)36)32(4)28-26-24-22-20-18-16-14-12-10-8-6-2/h31-32H,5-30H2,1-4H3,(H,35,36). The third-order valence-electron chi connectivity index (χ3n) is 8.17. The Bertz CT molecular complexity index is 421. The van der Waals surface area contributed by atoms with Crippen molar-refractivity contribution in [3.05, 3.63) is 0 Å². The van der Waals surface area contributed by atoms with E-state index in [9.17, 15) is 9.90 Å². The maximum absolute atomic E-state index is 11.2. The number of hydrogen-bond donors (Lipinski definition) is 1. The molecule has 0 aliphatic rings. The zero-order valence-electron chi connectivity index (χ0n) is 25.3. The number of unbranched alkanes of at least 4 members (excludes halogenated alkanes) is 20. The van der Waals surface area contributed by atoms with Gasteiger partial charge in [0.15, 0.2) is 0 Å². The van der Waals surface area contributed by atoms with Gasteiger partial charge in [0.25, 0.3) is 0 Å². The summed E-state index contributed by atoms with van der Waals surface area (Å²) in [4.78, 5) is 13.7. The zero-order chi connectivity index (χ0) is 26.7. The van der Waals surface area contributed by atoms with E-state index in [2.05, 4.69) is 32.6 Å². The lowest BCUT2D eigenvalue weighted by Gasteiger charge is -2.34. The van der Waals surface area contributed by atoms with Gasteiger partial charge in [-0.05, 0) is 26.7 Å². The molecule has 2 unspecified atom stereocenters. The fraction of sp³-hybridized carbons (Fsp3) is 0.970. The van der Waals surface area contributed by atoms with E-state index >= 15 is 0 Å². The molecule has 0 aromatic heterocycles. The van der Waals surface area contributed by atoms with Crippen LogP contribution in [0.25, 0.3) is 0 Å². The van der Waals surface area contributed by atoms with Crippen molar-refractivity contribution in [3.63, 3.8) is 0 Å². The second-order valence-corrected chi connectivity index (χ2v) is 11.7. The highest BCUT2D eigenvalue weighted by molar-refractivity contribution is 5.66. The SMILES string of the molecule is CCCCCCCCCCCCCC(C)N(CCC(=O)O)C(C)CCCCCCCCCCCCC. The number of rotatable bonds is 29. The van der Waals surface area contributed by atoms with Crippen LogP contribution in [0.15, 0.2) is 0 Å². The molecule has 0 aromatic rings. The van der Waals surface area contributed by atoms with E-state index in [1.165, 1.54) is 154 Å². The third kappa shape index (κ3) is 23.8. The third-order valence-corrected chi connectivity index (χ3v) is 8.17. The summed E-state index contributed by atoms with van der Waals surface area (Å²) in [5, 5.41) is 9.25. The molecule has 0 aliphatic carbocycles. The number of carboxylic acid groups (broad SMARTS) is 1. The first-order valence-corrected chi connectivity index (χ1v) is 16.5. The summed E-state index contributed by atoms with van der Waals surface area (Å²) < 4.78 is 0. The Morgan fingerprint density at radius 2 is 0.806 bits per heavy atom. The first kappa shape index (κ1) is 35.4. The van der Waals surface area contributed by atoms with Crippen LogP contribution in [0.1, 0.15) is 188 Å². The predicted molar refractivity (Wildman–Crippen MR) is 160 cm³/mol. The lowest BCUT2D eigenvalue weighted by Crippen LogP contribution is -2.41. The molecular weight excluding hydrogens is 442 g/mol. The molecule has 3 nitrogen and oxygen atoms in total. The van der Waals surface area contributed by atoms with Gasteiger partial charge in [-0.3, -0.25) is 9.69 Å². The Balaban J connectivity index is 3.96. The van der Waals surface area contributed by atoms with Crippen molar-refractivity contribution in [2.24, 2.45) is 0 Å². The number of nitrogens with zero attached hydrogens (tertiary/aromatic N) is 1. The van der Waals surface area contributed by atoms with Gasteiger partial charge in [0.05, 0.1) is 6.42 Å². The minimum absolute atomic E-state index is 0.269. The highest BCUT2D eigenvalue weighted by Gasteiger charge is 2.20. The number of carbonyl (C=O) groups is 1. The molecule has 0 rings (SSSR count). The van der Waals surface area contributed by atoms with Gasteiger partial charge in [-0.25, -0.2) is 0 Å². The minimum Gasteiger partial charge on any atom is -0.481 e. The molecule has 0 saturated heterocycles. The van der Waals surface area contributed by atoms with Gasteiger partial charge in [0, 0.05) is 18.6 Å². The van der Waals surface area contributed by atoms with Crippen molar-refractivity contribution in [2.75, 3.05) is 6.54 Å². The Hall–Kier alpha value is -0.570. The first-order valence-electron chi connectivity index (χ1n) is 16.5. The first-order chi connectivity index (χ1) is 17.5. The second kappa shape index (κ2) is 27.5. The average Bonchev–Trinajstić information content (AvgIpc) is 2.85. The topological polar surface area (TPSA) is 40.5 Å². The summed E-state index contributed by atoms with van der Waals surface area (Å²) in [7, 11) is 0. The van der Waals surface area contributed by atoms with E-state index in [-0.39, 0.29) is 6.42 Å². The lowest BCUT2D eigenvalue weighted by molar-refractivity contribution is -0.137. The van der Waals surface area contributed by atoms with Crippen LogP contribution in [0.5, 0.6) is 0 Å². The quantitative estimate of drug-likeness (QED) is 0.102. The fourth-order valence-electron chi connectivity index (χ4n) is 5.64. The molecule has 0 aromatic carbocycles. The van der Waals surface area contributed by atoms with Gasteiger partial charge < -0.3 is 5.11 Å². The number of aliphatic carboxylic acids is 1. The van der Waals surface area contributed by atoms with Gasteiger partial charge >= 0.3 is 5.97 Å². The van der Waals surface area contributed by atoms with E-state index in [4.69, 9.17) is 0 Å². The molecule has 0 bridgehead atoms. The number of hydrogen-bond acceptors (Lipinski definition) is 2. The van der Waals surface area contributed by atoms with Crippen LogP contribution in [0.3, 0.4) is 0 Å². The Morgan fingerprint density at radius 1 is 0.528 bits per heavy atom. The molecule has 36 heavy (non-hydrogen) atoms. The van der Waals surface area contributed by atoms with Crippen molar-refractivity contribution >= 4 is 5.97 Å². The minimum atomic E-state index is -0.663. The second-order valence-electron chi connectivity index (χ2n) is 11.7. The molecule has 0 radical (unpaired) electrons. The van der Waals surface area contributed by atoms with E-state index < -0.39 is 5.97 Å². The smallest absolute Gasteiger partial charge is 0.304 e. The predicted octanol–water partition coefficient (Wildman–Crippen LogP) is 10.9. The lowest BCUT2D eigenvalue weighted by atomic mass is 10.0. The summed E-state index contributed by atoms with van der Waals surface area (Å²) in [5.41, 5.74) is 0. The van der Waals surface area contributed by atoms with E-state index in [0.29, 0.717) is 18.6 Å². The zero-order valence-corrected chi connectivity index (χ0v) is 25.3. The molecule has 0 aliphatic heterocycles. The Morgan fingerprint density at radius 3 is 1.08 bits per heavy atom. The monoisotopic (exact) mass is 510 g/mol. The summed E-state index contributed by atoms with van der Waals surface area (Å²) in [5.74, 6) is -0.663. The van der Waals surface area contributed by atoms with Crippen LogP contribution in [0.4, 0.5) is 0 Å². The molecule has 2 atom stereocenters. The normalized spacial score (nSPS) is 13.4. The van der Waals surface area contributed by atoms with Gasteiger partial charge in [-0.2, -0.15) is 0 Å². The maximum Gasteiger partial charge on any atom is 0.304 e. The fourth-order valence-corrected chi connectivity index (χ4v) is 5.64.